The van der Waals surface area contributed by atoms with Gasteiger partial charge in [0.1, 0.15) is 5.82 Å². The fourth-order valence-corrected chi connectivity index (χ4v) is 1.99. The van der Waals surface area contributed by atoms with E-state index < -0.39 is 35.8 Å². The normalized spacial score (nSPS) is 10.3. The van der Waals surface area contributed by atoms with Gasteiger partial charge in [-0.1, -0.05) is 17.7 Å². The number of nitrogens with one attached hydrogen (secondary N) is 2. The first kappa shape index (κ1) is 16.8. The van der Waals surface area contributed by atoms with E-state index in [2.05, 4.69) is 10.6 Å². The second-order valence-electron chi connectivity index (χ2n) is 4.46. The summed E-state index contributed by atoms with van der Waals surface area (Å²) in [6.45, 7) is -0.498. The van der Waals surface area contributed by atoms with E-state index in [1.807, 2.05) is 0 Å². The van der Waals surface area contributed by atoms with E-state index in [1.54, 1.807) is 0 Å². The number of amides is 2. The smallest absolute Gasteiger partial charge is 0.256 e. The maximum Gasteiger partial charge on any atom is 0.256 e. The zero-order valence-corrected chi connectivity index (χ0v) is 12.3. The summed E-state index contributed by atoms with van der Waals surface area (Å²) >= 11 is 5.72. The second kappa shape index (κ2) is 7.15. The number of hydrogen-bond donors (Lipinski definition) is 2. The lowest BCUT2D eigenvalue weighted by molar-refractivity contribution is -0.115. The van der Waals surface area contributed by atoms with Gasteiger partial charge < -0.3 is 10.6 Å². The highest BCUT2D eigenvalue weighted by atomic mass is 35.5. The molecule has 0 bridgehead atoms. The maximum atomic E-state index is 13.5. The zero-order chi connectivity index (χ0) is 17.0. The average molecular weight is 343 g/mol. The predicted molar refractivity (Wildman–Crippen MR) is 78.7 cm³/mol. The minimum Gasteiger partial charge on any atom is -0.343 e. The Balaban J connectivity index is 1.96. The van der Waals surface area contributed by atoms with E-state index in [0.717, 1.165) is 24.3 Å². The summed E-state index contributed by atoms with van der Waals surface area (Å²) in [7, 11) is 0. The predicted octanol–water partition coefficient (Wildman–Crippen LogP) is 3.13. The molecule has 23 heavy (non-hydrogen) atoms. The first-order valence-electron chi connectivity index (χ1n) is 6.35. The topological polar surface area (TPSA) is 58.2 Å². The molecule has 2 rings (SSSR count). The van der Waals surface area contributed by atoms with Crippen LogP contribution in [0.25, 0.3) is 0 Å². The van der Waals surface area contributed by atoms with Crippen molar-refractivity contribution in [1.29, 1.82) is 0 Å². The molecule has 2 amide bonds. The van der Waals surface area contributed by atoms with Gasteiger partial charge in [-0.15, -0.1) is 0 Å². The molecule has 120 valence electrons. The summed E-state index contributed by atoms with van der Waals surface area (Å²) in [5.41, 5.74) is -0.359. The fourth-order valence-electron chi connectivity index (χ4n) is 1.74. The van der Waals surface area contributed by atoms with Crippen LogP contribution in [0.1, 0.15) is 10.4 Å². The Kier molecular flexibility index (Phi) is 5.23. The number of benzene rings is 2. The van der Waals surface area contributed by atoms with Gasteiger partial charge in [0, 0.05) is 11.8 Å². The maximum absolute atomic E-state index is 13.5. The van der Waals surface area contributed by atoms with Gasteiger partial charge in [-0.2, -0.15) is 0 Å². The standard InChI is InChI=1S/C15H10ClF3N2O2/c16-9-2-1-3-11(18)14(9)15(23)20-7-13(22)21-8-4-5-10(17)12(19)6-8/h1-6H,7H2,(H,20,23)(H,21,22). The van der Waals surface area contributed by atoms with Gasteiger partial charge in [0.25, 0.3) is 5.91 Å². The molecule has 0 fully saturated rings. The van der Waals surface area contributed by atoms with Crippen molar-refractivity contribution in [3.8, 4) is 0 Å². The fraction of sp³-hybridized carbons (Fsp3) is 0.0667. The Labute approximate surface area is 134 Å². The molecule has 8 heteroatoms. The lowest BCUT2D eigenvalue weighted by Gasteiger charge is -2.09. The van der Waals surface area contributed by atoms with Crippen LogP contribution in [0.15, 0.2) is 36.4 Å². The van der Waals surface area contributed by atoms with Crippen LogP contribution in [-0.4, -0.2) is 18.4 Å². The Morgan fingerprint density at radius 2 is 1.74 bits per heavy atom. The van der Waals surface area contributed by atoms with Gasteiger partial charge in [0.05, 0.1) is 17.1 Å². The van der Waals surface area contributed by atoms with Crippen LogP contribution >= 0.6 is 11.6 Å². The Hall–Kier alpha value is -2.54. The van der Waals surface area contributed by atoms with Crippen molar-refractivity contribution in [3.05, 3.63) is 64.4 Å². The van der Waals surface area contributed by atoms with Crippen LogP contribution in [-0.2, 0) is 4.79 Å². The lowest BCUT2D eigenvalue weighted by Crippen LogP contribution is -2.33. The van der Waals surface area contributed by atoms with Gasteiger partial charge in [-0.05, 0) is 24.3 Å². The number of rotatable bonds is 4. The molecule has 0 unspecified atom stereocenters. The van der Waals surface area contributed by atoms with Gasteiger partial charge in [0.15, 0.2) is 11.6 Å². The highest BCUT2D eigenvalue weighted by Gasteiger charge is 2.16. The molecule has 0 aliphatic rings. The molecule has 0 saturated carbocycles. The average Bonchev–Trinajstić information content (AvgIpc) is 2.49. The van der Waals surface area contributed by atoms with Crippen molar-refractivity contribution in [3.63, 3.8) is 0 Å². The zero-order valence-electron chi connectivity index (χ0n) is 11.5. The van der Waals surface area contributed by atoms with E-state index in [-0.39, 0.29) is 16.3 Å². The molecule has 0 radical (unpaired) electrons. The summed E-state index contributed by atoms with van der Waals surface area (Å²) in [6, 6.07) is 6.53. The summed E-state index contributed by atoms with van der Waals surface area (Å²) < 4.78 is 39.3. The molecule has 0 spiro atoms. The number of anilines is 1. The summed E-state index contributed by atoms with van der Waals surface area (Å²) in [4.78, 5) is 23.5. The minimum atomic E-state index is -1.12. The molecular weight excluding hydrogens is 333 g/mol. The molecule has 0 heterocycles. The van der Waals surface area contributed by atoms with Crippen molar-refractivity contribution < 1.29 is 22.8 Å². The molecule has 0 aliphatic carbocycles. The monoisotopic (exact) mass is 342 g/mol. The van der Waals surface area contributed by atoms with Crippen LogP contribution < -0.4 is 10.6 Å². The quantitative estimate of drug-likeness (QED) is 0.897. The number of carbonyl (C=O) groups excluding carboxylic acids is 2. The van der Waals surface area contributed by atoms with E-state index in [9.17, 15) is 22.8 Å². The summed E-state index contributed by atoms with van der Waals surface area (Å²) in [5, 5.41) is 4.35. The third-order valence-corrected chi connectivity index (χ3v) is 3.12. The molecule has 2 aromatic carbocycles. The van der Waals surface area contributed by atoms with Gasteiger partial charge in [-0.25, -0.2) is 13.2 Å². The van der Waals surface area contributed by atoms with Gasteiger partial charge in [-0.3, -0.25) is 9.59 Å². The molecule has 2 aromatic rings. The molecule has 0 aromatic heterocycles. The number of halogens is 4. The molecule has 4 nitrogen and oxygen atoms in total. The highest BCUT2D eigenvalue weighted by Crippen LogP contribution is 2.18. The van der Waals surface area contributed by atoms with Crippen molar-refractivity contribution in [1.82, 2.24) is 5.32 Å². The molecular formula is C15H10ClF3N2O2. The van der Waals surface area contributed by atoms with E-state index in [1.165, 1.54) is 12.1 Å². The molecule has 0 aliphatic heterocycles. The Bertz CT molecular complexity index is 748. The third kappa shape index (κ3) is 4.23. The van der Waals surface area contributed by atoms with E-state index in [4.69, 9.17) is 11.6 Å². The van der Waals surface area contributed by atoms with Crippen LogP contribution in [0.5, 0.6) is 0 Å². The first-order valence-corrected chi connectivity index (χ1v) is 6.73. The Morgan fingerprint density at radius 1 is 1.00 bits per heavy atom. The van der Waals surface area contributed by atoms with Gasteiger partial charge >= 0.3 is 0 Å². The van der Waals surface area contributed by atoms with Crippen molar-refractivity contribution in [2.24, 2.45) is 0 Å². The van der Waals surface area contributed by atoms with Crippen LogP contribution in [0.3, 0.4) is 0 Å². The lowest BCUT2D eigenvalue weighted by atomic mass is 10.2. The molecule has 2 N–H and O–H groups in total. The van der Waals surface area contributed by atoms with Gasteiger partial charge in [0.2, 0.25) is 5.91 Å². The SMILES string of the molecule is O=C(CNC(=O)c1c(F)cccc1Cl)Nc1ccc(F)c(F)c1. The van der Waals surface area contributed by atoms with E-state index in [0.29, 0.717) is 0 Å². The third-order valence-electron chi connectivity index (χ3n) is 2.80. The van der Waals surface area contributed by atoms with Crippen LogP contribution in [0.4, 0.5) is 18.9 Å². The number of hydrogen-bond acceptors (Lipinski definition) is 2. The highest BCUT2D eigenvalue weighted by molar-refractivity contribution is 6.33. The first-order chi connectivity index (χ1) is 10.9. The minimum absolute atomic E-state index is 0.0204. The van der Waals surface area contributed by atoms with Crippen molar-refractivity contribution in [2.45, 2.75) is 0 Å². The summed E-state index contributed by atoms with van der Waals surface area (Å²) in [6.07, 6.45) is 0. The number of carbonyl (C=O) groups is 2. The van der Waals surface area contributed by atoms with Crippen LogP contribution in [0.2, 0.25) is 5.02 Å². The molecule has 0 atom stereocenters. The largest absolute Gasteiger partial charge is 0.343 e. The summed E-state index contributed by atoms with van der Waals surface area (Å²) in [5.74, 6) is -4.56. The van der Waals surface area contributed by atoms with Crippen molar-refractivity contribution >= 4 is 29.1 Å². The Morgan fingerprint density at radius 3 is 2.39 bits per heavy atom. The molecule has 0 saturated heterocycles. The van der Waals surface area contributed by atoms with Crippen LogP contribution in [0, 0.1) is 17.5 Å². The van der Waals surface area contributed by atoms with E-state index >= 15 is 0 Å². The van der Waals surface area contributed by atoms with Crippen molar-refractivity contribution in [2.75, 3.05) is 11.9 Å². The second-order valence-corrected chi connectivity index (χ2v) is 4.86.